The molecule has 0 spiro atoms. The molecule has 1 aliphatic heterocycles. The molecule has 0 amide bonds. The van der Waals surface area contributed by atoms with Crippen molar-refractivity contribution in [2.45, 2.75) is 0 Å². The second kappa shape index (κ2) is 6.06. The number of rotatable bonds is 2. The first-order chi connectivity index (χ1) is 11.3. The van der Waals surface area contributed by atoms with Gasteiger partial charge in [0.1, 0.15) is 11.3 Å². The summed E-state index contributed by atoms with van der Waals surface area (Å²) < 4.78 is 43.2. The molecule has 0 unspecified atom stereocenters. The summed E-state index contributed by atoms with van der Waals surface area (Å²) in [5.74, 6) is -5.57. The molecule has 128 valence electrons. The van der Waals surface area contributed by atoms with Gasteiger partial charge >= 0.3 is 5.97 Å². The fourth-order valence-corrected chi connectivity index (χ4v) is 3.65. The highest BCUT2D eigenvalue weighted by molar-refractivity contribution is 7.16. The molecule has 0 atom stereocenters. The van der Waals surface area contributed by atoms with E-state index < -0.39 is 45.5 Å². The Labute approximate surface area is 138 Å². The number of anilines is 1. The first-order valence-corrected chi connectivity index (χ1v) is 7.99. The van der Waals surface area contributed by atoms with Crippen molar-refractivity contribution in [1.29, 1.82) is 0 Å². The van der Waals surface area contributed by atoms with E-state index in [2.05, 4.69) is 0 Å². The fraction of sp³-hybridized carbons (Fsp3) is 0.333. The fourth-order valence-electron chi connectivity index (χ4n) is 2.70. The lowest BCUT2D eigenvalue weighted by molar-refractivity contribution is 0.0696. The average molecular weight is 358 g/mol. The van der Waals surface area contributed by atoms with Crippen molar-refractivity contribution in [3.05, 3.63) is 38.6 Å². The molecular formula is C15H13F3N2O3S. The van der Waals surface area contributed by atoms with Crippen molar-refractivity contribution in [3.63, 3.8) is 0 Å². The van der Waals surface area contributed by atoms with E-state index in [0.29, 0.717) is 37.5 Å². The van der Waals surface area contributed by atoms with Crippen LogP contribution in [0.2, 0.25) is 0 Å². The van der Waals surface area contributed by atoms with Crippen LogP contribution in [-0.2, 0) is 0 Å². The average Bonchev–Trinajstić information content (AvgIpc) is 2.54. The zero-order valence-electron chi connectivity index (χ0n) is 12.6. The molecule has 1 saturated heterocycles. The highest BCUT2D eigenvalue weighted by Gasteiger charge is 2.29. The summed E-state index contributed by atoms with van der Waals surface area (Å²) >= 11 is 0.575. The van der Waals surface area contributed by atoms with Gasteiger partial charge in [-0.15, -0.1) is 11.3 Å². The Morgan fingerprint density at radius 2 is 1.75 bits per heavy atom. The quantitative estimate of drug-likeness (QED) is 0.834. The van der Waals surface area contributed by atoms with Crippen LogP contribution in [0.1, 0.15) is 10.4 Å². The second-order valence-electron chi connectivity index (χ2n) is 5.57. The highest BCUT2D eigenvalue weighted by atomic mass is 32.1. The minimum atomic E-state index is -1.57. The number of piperazine rings is 1. The van der Waals surface area contributed by atoms with Gasteiger partial charge in [-0.1, -0.05) is 0 Å². The first kappa shape index (κ1) is 16.7. The van der Waals surface area contributed by atoms with E-state index in [9.17, 15) is 22.8 Å². The Morgan fingerprint density at radius 3 is 2.33 bits per heavy atom. The van der Waals surface area contributed by atoms with Crippen molar-refractivity contribution in [3.8, 4) is 0 Å². The van der Waals surface area contributed by atoms with Crippen molar-refractivity contribution in [2.24, 2.45) is 0 Å². The predicted molar refractivity (Wildman–Crippen MR) is 84.6 cm³/mol. The zero-order chi connectivity index (χ0) is 17.6. The van der Waals surface area contributed by atoms with Gasteiger partial charge < -0.3 is 14.9 Å². The molecule has 1 aromatic heterocycles. The van der Waals surface area contributed by atoms with Crippen molar-refractivity contribution in [2.75, 3.05) is 38.1 Å². The SMILES string of the molecule is CN1CCN(c2c(F)c(F)c3c(=O)c(C(=O)O)csc3c2F)CC1. The van der Waals surface area contributed by atoms with E-state index >= 15 is 0 Å². The van der Waals surface area contributed by atoms with Crippen LogP contribution in [0.15, 0.2) is 10.2 Å². The second-order valence-corrected chi connectivity index (χ2v) is 6.45. The first-order valence-electron chi connectivity index (χ1n) is 7.11. The molecule has 9 heteroatoms. The molecule has 24 heavy (non-hydrogen) atoms. The third-order valence-corrected chi connectivity index (χ3v) is 5.04. The van der Waals surface area contributed by atoms with Crippen LogP contribution in [0, 0.1) is 17.5 Å². The third kappa shape index (κ3) is 2.53. The lowest BCUT2D eigenvalue weighted by atomic mass is 10.1. The van der Waals surface area contributed by atoms with Crippen molar-refractivity contribution in [1.82, 2.24) is 4.90 Å². The molecule has 2 heterocycles. The number of halogens is 3. The summed E-state index contributed by atoms with van der Waals surface area (Å²) in [6, 6.07) is 0. The maximum Gasteiger partial charge on any atom is 0.340 e. The van der Waals surface area contributed by atoms with Crippen LogP contribution in [0.4, 0.5) is 18.9 Å². The molecule has 1 fully saturated rings. The molecule has 1 aromatic carbocycles. The summed E-state index contributed by atoms with van der Waals surface area (Å²) in [4.78, 5) is 26.4. The molecule has 0 bridgehead atoms. The normalized spacial score (nSPS) is 15.9. The Balaban J connectivity index is 2.26. The number of nitrogens with zero attached hydrogens (tertiary/aromatic N) is 2. The van der Waals surface area contributed by atoms with Crippen LogP contribution in [0.25, 0.3) is 10.1 Å². The van der Waals surface area contributed by atoms with Crippen LogP contribution >= 0.6 is 11.3 Å². The molecule has 3 rings (SSSR count). The number of carboxylic acid groups (broad SMARTS) is 1. The van der Waals surface area contributed by atoms with Gasteiger partial charge in [-0.25, -0.2) is 18.0 Å². The summed E-state index contributed by atoms with van der Waals surface area (Å²) in [5.41, 5.74) is -2.44. The van der Waals surface area contributed by atoms with Crippen LogP contribution in [-0.4, -0.2) is 49.2 Å². The number of likely N-dealkylation sites (N-methyl/N-ethyl adjacent to an activating group) is 1. The number of hydrogen-bond acceptors (Lipinski definition) is 5. The largest absolute Gasteiger partial charge is 0.478 e. The summed E-state index contributed by atoms with van der Waals surface area (Å²) in [5, 5.41) is 9.01. The molecule has 0 aliphatic carbocycles. The molecule has 5 nitrogen and oxygen atoms in total. The Hall–Kier alpha value is -2.13. The van der Waals surface area contributed by atoms with Gasteiger partial charge in [0, 0.05) is 31.6 Å². The van der Waals surface area contributed by atoms with Crippen molar-refractivity contribution < 1.29 is 23.1 Å². The van der Waals surface area contributed by atoms with E-state index in [0.717, 1.165) is 5.38 Å². The lowest BCUT2D eigenvalue weighted by Gasteiger charge is -2.34. The molecule has 2 aromatic rings. The van der Waals surface area contributed by atoms with Crippen LogP contribution in [0.5, 0.6) is 0 Å². The third-order valence-electron chi connectivity index (χ3n) is 4.07. The minimum Gasteiger partial charge on any atom is -0.478 e. The van der Waals surface area contributed by atoms with Gasteiger partial charge in [-0.05, 0) is 7.05 Å². The zero-order valence-corrected chi connectivity index (χ0v) is 13.4. The van der Waals surface area contributed by atoms with Crippen LogP contribution in [0.3, 0.4) is 0 Å². The molecule has 1 N–H and O–H groups in total. The van der Waals surface area contributed by atoms with E-state index in [1.54, 1.807) is 0 Å². The maximum atomic E-state index is 14.8. The Bertz CT molecular complexity index is 892. The standard InChI is InChI=1S/C15H13F3N2O3S/c1-19-2-4-20(5-3-19)12-10(17)9(16)8-13(21)7(15(22)23)6-24-14(8)11(12)18/h6H,2-5H2,1H3,(H,22,23). The Kier molecular flexibility index (Phi) is 4.22. The van der Waals surface area contributed by atoms with Gasteiger partial charge in [0.15, 0.2) is 17.5 Å². The monoisotopic (exact) mass is 358 g/mol. The molecular weight excluding hydrogens is 345 g/mol. The summed E-state index contributed by atoms with van der Waals surface area (Å²) in [7, 11) is 1.87. The number of benzene rings is 1. The van der Waals surface area contributed by atoms with E-state index in [1.165, 1.54) is 4.90 Å². The smallest absolute Gasteiger partial charge is 0.340 e. The molecule has 0 saturated carbocycles. The molecule has 0 radical (unpaired) electrons. The predicted octanol–water partition coefficient (Wildman–Crippen LogP) is 2.13. The van der Waals surface area contributed by atoms with Gasteiger partial charge in [-0.3, -0.25) is 4.79 Å². The number of aromatic carboxylic acids is 1. The number of hydrogen-bond donors (Lipinski definition) is 1. The van der Waals surface area contributed by atoms with Gasteiger partial charge in [0.25, 0.3) is 0 Å². The highest BCUT2D eigenvalue weighted by Crippen LogP contribution is 2.34. The van der Waals surface area contributed by atoms with E-state index in [1.807, 2.05) is 11.9 Å². The minimum absolute atomic E-state index is 0.317. The summed E-state index contributed by atoms with van der Waals surface area (Å²) in [6.45, 7) is 1.76. The molecule has 1 aliphatic rings. The van der Waals surface area contributed by atoms with E-state index in [4.69, 9.17) is 5.11 Å². The number of fused-ring (bicyclic) bond motifs is 1. The summed E-state index contributed by atoms with van der Waals surface area (Å²) in [6.07, 6.45) is 0. The Morgan fingerprint density at radius 1 is 1.12 bits per heavy atom. The number of carbonyl (C=O) groups is 1. The van der Waals surface area contributed by atoms with E-state index in [-0.39, 0.29) is 4.70 Å². The maximum absolute atomic E-state index is 14.8. The number of carboxylic acids is 1. The van der Waals surface area contributed by atoms with Gasteiger partial charge in [0.2, 0.25) is 5.43 Å². The van der Waals surface area contributed by atoms with Crippen LogP contribution < -0.4 is 10.3 Å². The van der Waals surface area contributed by atoms with Crippen molar-refractivity contribution >= 4 is 33.1 Å². The van der Waals surface area contributed by atoms with Gasteiger partial charge in [0.05, 0.1) is 10.1 Å². The lowest BCUT2D eigenvalue weighted by Crippen LogP contribution is -2.45. The van der Waals surface area contributed by atoms with Gasteiger partial charge in [-0.2, -0.15) is 0 Å². The topological polar surface area (TPSA) is 60.9 Å².